The Morgan fingerprint density at radius 3 is 2.67 bits per heavy atom. The number of halogens is 2. The van der Waals surface area contributed by atoms with Gasteiger partial charge in [0.2, 0.25) is 6.23 Å². The van der Waals surface area contributed by atoms with Crippen molar-refractivity contribution in [1.82, 2.24) is 5.01 Å². The van der Waals surface area contributed by atoms with Crippen molar-refractivity contribution in [1.29, 1.82) is 0 Å². The van der Waals surface area contributed by atoms with E-state index in [1.165, 1.54) is 0 Å². The molecule has 152 valence electrons. The minimum Gasteiger partial charge on any atom is -0.494 e. The maximum atomic E-state index is 6.52. The van der Waals surface area contributed by atoms with Gasteiger partial charge in [-0.15, -0.1) is 0 Å². The Morgan fingerprint density at radius 2 is 1.90 bits per heavy atom. The Kier molecular flexibility index (Phi) is 5.17. The summed E-state index contributed by atoms with van der Waals surface area (Å²) in [5, 5.41) is 7.71. The first kappa shape index (κ1) is 19.5. The second kappa shape index (κ2) is 7.97. The van der Waals surface area contributed by atoms with Gasteiger partial charge in [-0.25, -0.2) is 5.01 Å². The summed E-state index contributed by atoms with van der Waals surface area (Å²) in [6, 6.07) is 22.1. The summed E-state index contributed by atoms with van der Waals surface area (Å²) < 4.78 is 13.0. The molecular formula is C24H20BrClN2O2. The molecule has 30 heavy (non-hydrogen) atoms. The molecule has 0 bridgehead atoms. The van der Waals surface area contributed by atoms with Crippen LogP contribution in [0.4, 0.5) is 0 Å². The first-order valence-electron chi connectivity index (χ1n) is 9.93. The first-order valence-corrected chi connectivity index (χ1v) is 11.1. The van der Waals surface area contributed by atoms with Gasteiger partial charge in [0.1, 0.15) is 11.5 Å². The minimum atomic E-state index is -0.377. The number of rotatable bonds is 4. The third-order valence-corrected chi connectivity index (χ3v) is 6.26. The number of hydrogen-bond donors (Lipinski definition) is 0. The van der Waals surface area contributed by atoms with Crippen LogP contribution in [0.2, 0.25) is 5.02 Å². The Hall–Kier alpha value is -2.50. The van der Waals surface area contributed by atoms with Crippen LogP contribution >= 0.6 is 27.5 Å². The Labute approximate surface area is 189 Å². The Balaban J connectivity index is 1.56. The van der Waals surface area contributed by atoms with Crippen LogP contribution in [0.15, 0.2) is 76.3 Å². The molecule has 0 fully saturated rings. The zero-order valence-corrected chi connectivity index (χ0v) is 18.7. The highest BCUT2D eigenvalue weighted by Gasteiger charge is 2.41. The third kappa shape index (κ3) is 3.46. The Morgan fingerprint density at radius 1 is 1.10 bits per heavy atom. The average Bonchev–Trinajstić information content (AvgIpc) is 3.20. The van der Waals surface area contributed by atoms with E-state index in [4.69, 9.17) is 26.2 Å². The number of hydrogen-bond acceptors (Lipinski definition) is 4. The molecule has 2 atom stereocenters. The lowest BCUT2D eigenvalue weighted by molar-refractivity contribution is -0.0190. The monoisotopic (exact) mass is 482 g/mol. The summed E-state index contributed by atoms with van der Waals surface area (Å²) in [7, 11) is 0. The summed E-state index contributed by atoms with van der Waals surface area (Å²) in [5.41, 5.74) is 4.14. The van der Waals surface area contributed by atoms with E-state index in [2.05, 4.69) is 34.1 Å². The van der Waals surface area contributed by atoms with Gasteiger partial charge in [0, 0.05) is 27.0 Å². The van der Waals surface area contributed by atoms with Gasteiger partial charge in [0.15, 0.2) is 0 Å². The van der Waals surface area contributed by atoms with Gasteiger partial charge in [-0.2, -0.15) is 5.10 Å². The lowest BCUT2D eigenvalue weighted by Gasteiger charge is -2.38. The molecule has 0 spiro atoms. The largest absolute Gasteiger partial charge is 0.494 e. The average molecular weight is 484 g/mol. The van der Waals surface area contributed by atoms with Gasteiger partial charge in [-0.3, -0.25) is 0 Å². The van der Waals surface area contributed by atoms with Crippen LogP contribution in [-0.4, -0.2) is 17.3 Å². The van der Waals surface area contributed by atoms with Crippen molar-refractivity contribution in [2.45, 2.75) is 25.6 Å². The van der Waals surface area contributed by atoms with Crippen molar-refractivity contribution in [2.24, 2.45) is 5.10 Å². The summed E-state index contributed by atoms with van der Waals surface area (Å²) in [6.45, 7) is 2.63. The molecule has 0 N–H and O–H groups in total. The Bertz CT molecular complexity index is 1120. The quantitative estimate of drug-likeness (QED) is 0.412. The predicted molar refractivity (Wildman–Crippen MR) is 122 cm³/mol. The van der Waals surface area contributed by atoms with Crippen molar-refractivity contribution in [3.8, 4) is 11.5 Å². The summed E-state index contributed by atoms with van der Waals surface area (Å²) in [5.74, 6) is 1.73. The third-order valence-electron chi connectivity index (χ3n) is 5.42. The molecule has 0 aliphatic carbocycles. The molecule has 0 saturated carbocycles. The van der Waals surface area contributed by atoms with E-state index in [0.29, 0.717) is 11.6 Å². The lowest BCUT2D eigenvalue weighted by Crippen LogP contribution is -2.33. The second-order valence-corrected chi connectivity index (χ2v) is 8.60. The number of nitrogens with zero attached hydrogens (tertiary/aromatic N) is 2. The maximum absolute atomic E-state index is 6.52. The molecule has 0 unspecified atom stereocenters. The van der Waals surface area contributed by atoms with Gasteiger partial charge < -0.3 is 9.47 Å². The number of fused-ring (bicyclic) bond motifs is 3. The molecule has 0 radical (unpaired) electrons. The van der Waals surface area contributed by atoms with Crippen molar-refractivity contribution >= 4 is 33.2 Å². The fourth-order valence-corrected chi connectivity index (χ4v) is 4.63. The highest BCUT2D eigenvalue weighted by atomic mass is 79.9. The van der Waals surface area contributed by atoms with Gasteiger partial charge in [-0.05, 0) is 61.0 Å². The molecule has 0 aromatic heterocycles. The van der Waals surface area contributed by atoms with E-state index < -0.39 is 0 Å². The lowest BCUT2D eigenvalue weighted by atomic mass is 9.96. The summed E-state index contributed by atoms with van der Waals surface area (Å²) in [6.07, 6.45) is 0.416. The highest BCUT2D eigenvalue weighted by Crippen LogP contribution is 2.49. The van der Waals surface area contributed by atoms with Crippen molar-refractivity contribution < 1.29 is 9.47 Å². The molecule has 6 heteroatoms. The molecule has 0 saturated heterocycles. The molecular weight excluding hydrogens is 464 g/mol. The standard InChI is InChI=1S/C24H20BrClN2O2/c1-2-29-17-10-7-15(8-11-17)21-14-22-19-13-16(25)9-12-23(19)30-24(28(22)27-21)18-5-3-4-6-20(18)26/h3-13,22,24H,2,14H2,1H3/t22-,24-/m0/s1. The molecule has 3 aromatic rings. The van der Waals surface area contributed by atoms with Crippen molar-refractivity contribution in [3.63, 3.8) is 0 Å². The van der Waals surface area contributed by atoms with Crippen LogP contribution in [0.5, 0.6) is 11.5 Å². The predicted octanol–water partition coefficient (Wildman–Crippen LogP) is 6.74. The van der Waals surface area contributed by atoms with Gasteiger partial charge in [0.25, 0.3) is 0 Å². The van der Waals surface area contributed by atoms with E-state index >= 15 is 0 Å². The molecule has 4 nitrogen and oxygen atoms in total. The number of hydrazone groups is 1. The zero-order chi connectivity index (χ0) is 20.7. The molecule has 2 aliphatic heterocycles. The maximum Gasteiger partial charge on any atom is 0.215 e. The van der Waals surface area contributed by atoms with Crippen LogP contribution < -0.4 is 9.47 Å². The smallest absolute Gasteiger partial charge is 0.215 e. The molecule has 5 rings (SSSR count). The molecule has 2 aliphatic rings. The minimum absolute atomic E-state index is 0.0779. The zero-order valence-electron chi connectivity index (χ0n) is 16.4. The molecule has 0 amide bonds. The van der Waals surface area contributed by atoms with Crippen LogP contribution in [0.3, 0.4) is 0 Å². The van der Waals surface area contributed by atoms with E-state index in [1.54, 1.807) is 0 Å². The van der Waals surface area contributed by atoms with Gasteiger partial charge in [-0.1, -0.05) is 45.7 Å². The van der Waals surface area contributed by atoms with Crippen molar-refractivity contribution in [2.75, 3.05) is 6.61 Å². The van der Waals surface area contributed by atoms with Crippen molar-refractivity contribution in [3.05, 3.63) is 92.9 Å². The second-order valence-electron chi connectivity index (χ2n) is 7.28. The van der Waals surface area contributed by atoms with Crippen LogP contribution in [-0.2, 0) is 0 Å². The SMILES string of the molecule is CCOc1ccc(C2=NN3[C@@H](C2)c2cc(Br)ccc2O[C@H]3c2ccccc2Cl)cc1. The summed E-state index contributed by atoms with van der Waals surface area (Å²) >= 11 is 10.1. The van der Waals surface area contributed by atoms with Crippen LogP contribution in [0.1, 0.15) is 42.3 Å². The van der Waals surface area contributed by atoms with Gasteiger partial charge >= 0.3 is 0 Å². The van der Waals surface area contributed by atoms with Gasteiger partial charge in [0.05, 0.1) is 18.4 Å². The normalized spacial score (nSPS) is 19.6. The van der Waals surface area contributed by atoms with E-state index in [9.17, 15) is 0 Å². The number of benzene rings is 3. The highest BCUT2D eigenvalue weighted by molar-refractivity contribution is 9.10. The number of ether oxygens (including phenoxy) is 2. The van der Waals surface area contributed by atoms with E-state index in [0.717, 1.165) is 44.8 Å². The van der Waals surface area contributed by atoms with E-state index in [-0.39, 0.29) is 12.3 Å². The molecule has 2 heterocycles. The molecule has 3 aromatic carbocycles. The first-order chi connectivity index (χ1) is 14.6. The fraction of sp³-hybridized carbons (Fsp3) is 0.208. The topological polar surface area (TPSA) is 34.1 Å². The van der Waals surface area contributed by atoms with E-state index in [1.807, 2.05) is 60.5 Å². The summed E-state index contributed by atoms with van der Waals surface area (Å²) in [4.78, 5) is 0. The van der Waals surface area contributed by atoms with Crippen LogP contribution in [0, 0.1) is 0 Å². The van der Waals surface area contributed by atoms with Crippen LogP contribution in [0.25, 0.3) is 0 Å². The fourth-order valence-electron chi connectivity index (χ4n) is 4.02.